The first-order chi connectivity index (χ1) is 23.9. The Balaban J connectivity index is 1.07. The van der Waals surface area contributed by atoms with Crippen molar-refractivity contribution in [1.29, 1.82) is 0 Å². The molecule has 2 amide bonds. The van der Waals surface area contributed by atoms with E-state index in [0.717, 1.165) is 28.7 Å². The Hall–Kier alpha value is -5.70. The normalized spacial score (nSPS) is 16.1. The minimum absolute atomic E-state index is 0.0215. The Morgan fingerprint density at radius 3 is 2.31 bits per heavy atom. The lowest BCUT2D eigenvalue weighted by molar-refractivity contribution is -0.150. The molecule has 5 aromatic rings. The van der Waals surface area contributed by atoms with Crippen molar-refractivity contribution in [3.63, 3.8) is 0 Å². The predicted octanol–water partition coefficient (Wildman–Crippen LogP) is 6.83. The summed E-state index contributed by atoms with van der Waals surface area (Å²) < 4.78 is 12.4. The van der Waals surface area contributed by atoms with Crippen LogP contribution in [0.4, 0.5) is 11.4 Å². The summed E-state index contributed by atoms with van der Waals surface area (Å²) >= 11 is 0. The molecule has 0 radical (unpaired) electrons. The van der Waals surface area contributed by atoms with Gasteiger partial charge in [0.15, 0.2) is 5.76 Å². The minimum Gasteiger partial charge on any atom is -0.459 e. The van der Waals surface area contributed by atoms with Crippen LogP contribution in [0.25, 0.3) is 11.1 Å². The summed E-state index contributed by atoms with van der Waals surface area (Å²) in [6.45, 7) is 0.524. The number of benzene rings is 5. The highest BCUT2D eigenvalue weighted by Crippen LogP contribution is 2.43. The standard InChI is InChI=1S/C41H37N3O5/c42-36-10-3-4-11-37(36)44-40(46)29-18-16-26(17-19-29)23-43-41(47)38-21-31(22-39(49-38)48-25-28-14-12-27(24-45)13-15-28)33-8-5-9-34-32-7-2-1-6-30(32)20-35(33)34/h1-19,21,31,39,45H,20,22-25,42H2,(H,43,47)(H,44,46)/t31-,39+/m1/s1. The maximum atomic E-state index is 13.6. The number of para-hydroxylation sites is 2. The van der Waals surface area contributed by atoms with Crippen LogP contribution < -0.4 is 16.4 Å². The monoisotopic (exact) mass is 651 g/mol. The lowest BCUT2D eigenvalue weighted by atomic mass is 9.87. The third kappa shape index (κ3) is 7.11. The van der Waals surface area contributed by atoms with Crippen LogP contribution in [-0.2, 0) is 40.4 Å². The van der Waals surface area contributed by atoms with Crippen LogP contribution in [0, 0.1) is 0 Å². The fourth-order valence-electron chi connectivity index (χ4n) is 6.44. The van der Waals surface area contributed by atoms with Crippen LogP contribution in [0.5, 0.6) is 0 Å². The van der Waals surface area contributed by atoms with Gasteiger partial charge in [0.1, 0.15) is 0 Å². The van der Waals surface area contributed by atoms with E-state index in [1.165, 1.54) is 22.3 Å². The van der Waals surface area contributed by atoms with Gasteiger partial charge in [-0.1, -0.05) is 91.0 Å². The number of ether oxygens (including phenoxy) is 2. The largest absolute Gasteiger partial charge is 0.459 e. The van der Waals surface area contributed by atoms with E-state index in [0.29, 0.717) is 30.0 Å². The van der Waals surface area contributed by atoms with Gasteiger partial charge in [-0.15, -0.1) is 0 Å². The number of hydrogen-bond acceptors (Lipinski definition) is 6. The number of nitrogens with one attached hydrogen (secondary N) is 2. The zero-order chi connectivity index (χ0) is 33.7. The lowest BCUT2D eigenvalue weighted by Crippen LogP contribution is -2.32. The highest BCUT2D eigenvalue weighted by molar-refractivity contribution is 6.05. The second-order valence-electron chi connectivity index (χ2n) is 12.3. The Kier molecular flexibility index (Phi) is 9.23. The number of nitrogen functional groups attached to an aromatic ring is 1. The van der Waals surface area contributed by atoms with Gasteiger partial charge >= 0.3 is 0 Å². The number of aliphatic hydroxyl groups is 1. The van der Waals surface area contributed by atoms with Crippen LogP contribution in [-0.4, -0.2) is 23.2 Å². The summed E-state index contributed by atoms with van der Waals surface area (Å²) in [5.74, 6) is -0.507. The summed E-state index contributed by atoms with van der Waals surface area (Å²) in [6, 6.07) is 36.6. The zero-order valence-corrected chi connectivity index (χ0v) is 26.9. The fraction of sp³-hybridized carbons (Fsp3) is 0.171. The molecule has 0 saturated carbocycles. The SMILES string of the molecule is Nc1ccccc1NC(=O)c1ccc(CNC(=O)C2=C[C@@H](c3cccc4c3Cc3ccccc3-4)C[C@@H](OCc3ccc(CO)cc3)O2)cc1. The molecule has 49 heavy (non-hydrogen) atoms. The van der Waals surface area contributed by atoms with E-state index < -0.39 is 6.29 Å². The van der Waals surface area contributed by atoms with E-state index in [1.807, 2.05) is 42.5 Å². The number of rotatable bonds is 10. The van der Waals surface area contributed by atoms with Gasteiger partial charge in [-0.25, -0.2) is 0 Å². The van der Waals surface area contributed by atoms with Gasteiger partial charge in [-0.2, -0.15) is 0 Å². The number of carbonyl (C=O) groups excluding carboxylic acids is 2. The van der Waals surface area contributed by atoms with Gasteiger partial charge in [0.2, 0.25) is 6.29 Å². The number of carbonyl (C=O) groups is 2. The Bertz CT molecular complexity index is 2020. The van der Waals surface area contributed by atoms with Gasteiger partial charge in [0, 0.05) is 24.4 Å². The molecule has 246 valence electrons. The summed E-state index contributed by atoms with van der Waals surface area (Å²) in [7, 11) is 0. The van der Waals surface area contributed by atoms with Crippen molar-refractivity contribution in [3.8, 4) is 11.1 Å². The van der Waals surface area contributed by atoms with Crippen LogP contribution in [0.2, 0.25) is 0 Å². The first-order valence-corrected chi connectivity index (χ1v) is 16.4. The number of hydrogen-bond donors (Lipinski definition) is 4. The first-order valence-electron chi connectivity index (χ1n) is 16.4. The van der Waals surface area contributed by atoms with Gasteiger partial charge in [0.05, 0.1) is 24.6 Å². The summed E-state index contributed by atoms with van der Waals surface area (Å²) in [5.41, 5.74) is 16.3. The minimum atomic E-state index is -0.649. The molecule has 1 heterocycles. The van der Waals surface area contributed by atoms with E-state index in [2.05, 4.69) is 53.1 Å². The molecule has 0 bridgehead atoms. The number of nitrogens with two attached hydrogens (primary N) is 1. The first kappa shape index (κ1) is 31.9. The van der Waals surface area contributed by atoms with Crippen LogP contribution in [0.15, 0.2) is 127 Å². The van der Waals surface area contributed by atoms with E-state index in [-0.39, 0.29) is 36.6 Å². The van der Waals surface area contributed by atoms with E-state index in [4.69, 9.17) is 15.2 Å². The Labute approximate surface area is 285 Å². The molecule has 8 nitrogen and oxygen atoms in total. The molecule has 7 rings (SSSR count). The number of amides is 2. The summed E-state index contributed by atoms with van der Waals surface area (Å²) in [4.78, 5) is 26.4. The number of anilines is 2. The average molecular weight is 652 g/mol. The molecule has 2 atom stereocenters. The fourth-order valence-corrected chi connectivity index (χ4v) is 6.44. The molecule has 0 unspecified atom stereocenters. The quantitative estimate of drug-likeness (QED) is 0.121. The molecule has 5 aromatic carbocycles. The predicted molar refractivity (Wildman–Crippen MR) is 189 cm³/mol. The molecule has 1 aliphatic carbocycles. The van der Waals surface area contributed by atoms with Crippen LogP contribution >= 0.6 is 0 Å². The Morgan fingerprint density at radius 1 is 0.796 bits per heavy atom. The molecule has 0 aromatic heterocycles. The molecule has 1 aliphatic heterocycles. The van der Waals surface area contributed by atoms with Crippen molar-refractivity contribution in [3.05, 3.63) is 166 Å². The molecule has 0 fully saturated rings. The molecular formula is C41H37N3O5. The molecule has 0 spiro atoms. The van der Waals surface area contributed by atoms with Crippen molar-refractivity contribution in [2.75, 3.05) is 11.1 Å². The van der Waals surface area contributed by atoms with Crippen LogP contribution in [0.3, 0.4) is 0 Å². The smallest absolute Gasteiger partial charge is 0.286 e. The Morgan fingerprint density at radius 2 is 1.51 bits per heavy atom. The van der Waals surface area contributed by atoms with Crippen molar-refractivity contribution in [2.24, 2.45) is 0 Å². The van der Waals surface area contributed by atoms with Crippen LogP contribution in [0.1, 0.15) is 56.1 Å². The highest BCUT2D eigenvalue weighted by Gasteiger charge is 2.32. The molecule has 0 saturated heterocycles. The maximum absolute atomic E-state index is 13.6. The average Bonchev–Trinajstić information content (AvgIpc) is 3.53. The van der Waals surface area contributed by atoms with Gasteiger partial charge in [-0.3, -0.25) is 9.59 Å². The zero-order valence-electron chi connectivity index (χ0n) is 26.9. The second kappa shape index (κ2) is 14.2. The van der Waals surface area contributed by atoms with E-state index >= 15 is 0 Å². The lowest BCUT2D eigenvalue weighted by Gasteiger charge is -2.30. The summed E-state index contributed by atoms with van der Waals surface area (Å²) in [6.07, 6.45) is 2.65. The number of fused-ring (bicyclic) bond motifs is 3. The van der Waals surface area contributed by atoms with Gasteiger partial charge in [0.25, 0.3) is 11.8 Å². The third-order valence-electron chi connectivity index (χ3n) is 9.09. The molecule has 2 aliphatic rings. The second-order valence-corrected chi connectivity index (χ2v) is 12.3. The maximum Gasteiger partial charge on any atom is 0.286 e. The number of allylic oxidation sites excluding steroid dienone is 1. The molecule has 8 heteroatoms. The third-order valence-corrected chi connectivity index (χ3v) is 9.09. The van der Waals surface area contributed by atoms with Gasteiger partial charge < -0.3 is 30.9 Å². The van der Waals surface area contributed by atoms with Crippen molar-refractivity contribution >= 4 is 23.2 Å². The van der Waals surface area contributed by atoms with Crippen molar-refractivity contribution in [2.45, 2.75) is 44.8 Å². The van der Waals surface area contributed by atoms with E-state index in [1.54, 1.807) is 36.4 Å². The molecular weight excluding hydrogens is 614 g/mol. The van der Waals surface area contributed by atoms with Gasteiger partial charge in [-0.05, 0) is 81.3 Å². The molecule has 5 N–H and O–H groups in total. The van der Waals surface area contributed by atoms with Crippen molar-refractivity contribution < 1.29 is 24.2 Å². The highest BCUT2D eigenvalue weighted by atomic mass is 16.7. The number of aliphatic hydroxyl groups excluding tert-OH is 1. The topological polar surface area (TPSA) is 123 Å². The van der Waals surface area contributed by atoms with Crippen molar-refractivity contribution in [1.82, 2.24) is 5.32 Å². The van der Waals surface area contributed by atoms with E-state index in [9.17, 15) is 14.7 Å². The summed E-state index contributed by atoms with van der Waals surface area (Å²) in [5, 5.41) is 15.2.